The van der Waals surface area contributed by atoms with Crippen LogP contribution >= 0.6 is 0 Å². The second-order valence-corrected chi connectivity index (χ2v) is 19.3. The van der Waals surface area contributed by atoms with Crippen LogP contribution in [0.5, 0.6) is 5.75 Å². The minimum atomic E-state index is -0.730. The van der Waals surface area contributed by atoms with E-state index in [1.807, 2.05) is 61.9 Å². The van der Waals surface area contributed by atoms with Gasteiger partial charge in [-0.25, -0.2) is 19.6 Å². The molecule has 3 unspecified atom stereocenters. The van der Waals surface area contributed by atoms with E-state index in [2.05, 4.69) is 104 Å². The number of aromatic nitrogens is 5. The summed E-state index contributed by atoms with van der Waals surface area (Å²) < 4.78 is 19.0. The zero-order valence-electron chi connectivity index (χ0n) is 40.8. The molecule has 6 heterocycles. The lowest BCUT2D eigenvalue weighted by Crippen LogP contribution is -2.51. The van der Waals surface area contributed by atoms with Crippen LogP contribution in [0, 0.1) is 11.8 Å². The molecule has 2 fully saturated rings. The number of rotatable bonds is 12. The van der Waals surface area contributed by atoms with Crippen LogP contribution in [0.2, 0.25) is 0 Å². The van der Waals surface area contributed by atoms with Crippen molar-refractivity contribution >= 4 is 34.9 Å². The van der Waals surface area contributed by atoms with E-state index in [9.17, 15) is 19.2 Å². The van der Waals surface area contributed by atoms with Gasteiger partial charge in [0.2, 0.25) is 18.0 Å². The van der Waals surface area contributed by atoms with Crippen LogP contribution in [0.25, 0.3) is 55.8 Å². The number of nitrogens with zero attached hydrogens (tertiary/aromatic N) is 5. The summed E-state index contributed by atoms with van der Waals surface area (Å²) in [6.45, 7) is 8.74. The molecule has 0 saturated carbocycles. The largest absolute Gasteiger partial charge is 0.465 e. The molecule has 10 rings (SSSR count). The summed E-state index contributed by atoms with van der Waals surface area (Å²) in [5.41, 5.74) is 9.53. The lowest BCUT2D eigenvalue weighted by Gasteiger charge is -2.31. The number of hydrogen-bond acceptors (Lipinski definition) is 9. The Morgan fingerprint density at radius 1 is 0.648 bits per heavy atom. The molecule has 3 aromatic heterocycles. The van der Waals surface area contributed by atoms with Crippen molar-refractivity contribution in [3.8, 4) is 50.6 Å². The standard InChI is InChI=1S/C55H59N9O7/c1-31(2)47(60-54(67)69-5)51(65)62-23-11-17-43(62)49-56-29-40(58-49)35-20-22-42-38(26-35)27-45-39-21-19-36(28-46(39)71-53(64(42)45)37-16-10-15-34(25-37)33-13-8-7-9-14-33)41-30-57-50(59-41)44-18-12-24-63(44)52(66)48(32(3)4)61-55(68)70-6/h7-10,13-16,19-22,25-32,43-44,47-48,53H,11-12,17-18,23-24H2,1-6H3,(H,56,58)(H,57,59)(H,60,67)(H,61,68)/t43-,44?,47?,48-,53?/m0/s1. The van der Waals surface area contributed by atoms with Crippen molar-refractivity contribution in [1.29, 1.82) is 0 Å². The predicted octanol–water partition coefficient (Wildman–Crippen LogP) is 9.78. The fraction of sp³-hybridized carbons (Fsp3) is 0.345. The van der Waals surface area contributed by atoms with Crippen LogP contribution in [-0.2, 0) is 19.1 Å². The number of carbonyl (C=O) groups is 4. The number of ether oxygens (including phenoxy) is 3. The molecule has 3 aliphatic rings. The molecule has 5 atom stereocenters. The number of likely N-dealkylation sites (tertiary alicyclic amines) is 2. The van der Waals surface area contributed by atoms with E-state index < -0.39 is 30.5 Å². The summed E-state index contributed by atoms with van der Waals surface area (Å²) >= 11 is 0. The zero-order valence-corrected chi connectivity index (χ0v) is 40.8. The third-order valence-electron chi connectivity index (χ3n) is 14.1. The normalized spacial score (nSPS) is 18.2. The molecule has 7 aromatic rings. The molecular formula is C55H59N9O7. The Morgan fingerprint density at radius 2 is 1.21 bits per heavy atom. The van der Waals surface area contributed by atoms with E-state index in [-0.39, 0.29) is 35.7 Å². The zero-order chi connectivity index (χ0) is 49.5. The number of benzene rings is 4. The second kappa shape index (κ2) is 19.5. The van der Waals surface area contributed by atoms with Crippen molar-refractivity contribution in [3.05, 3.63) is 127 Å². The molecule has 4 aromatic carbocycles. The highest BCUT2D eigenvalue weighted by Crippen LogP contribution is 2.47. The number of methoxy groups -OCH3 is 2. The minimum absolute atomic E-state index is 0.136. The van der Waals surface area contributed by atoms with E-state index in [1.165, 1.54) is 14.2 Å². The van der Waals surface area contributed by atoms with Crippen molar-refractivity contribution in [2.75, 3.05) is 27.3 Å². The first kappa shape index (κ1) is 46.8. The van der Waals surface area contributed by atoms with Gasteiger partial charge in [0.1, 0.15) is 29.5 Å². The van der Waals surface area contributed by atoms with Gasteiger partial charge in [0, 0.05) is 40.7 Å². The van der Waals surface area contributed by atoms with E-state index >= 15 is 0 Å². The number of imidazole rings is 2. The molecule has 2 saturated heterocycles. The highest BCUT2D eigenvalue weighted by Gasteiger charge is 2.39. The van der Waals surface area contributed by atoms with E-state index in [1.54, 1.807) is 6.20 Å². The van der Waals surface area contributed by atoms with Gasteiger partial charge in [-0.05, 0) is 85.0 Å². The quantitative estimate of drug-likeness (QED) is 0.0924. The van der Waals surface area contributed by atoms with Crippen LogP contribution in [0.4, 0.5) is 9.59 Å². The number of hydrogen-bond donors (Lipinski definition) is 4. The van der Waals surface area contributed by atoms with Gasteiger partial charge >= 0.3 is 12.2 Å². The molecule has 0 radical (unpaired) electrons. The number of fused-ring (bicyclic) bond motifs is 5. The molecule has 4 amide bonds. The van der Waals surface area contributed by atoms with Gasteiger partial charge in [-0.2, -0.15) is 0 Å². The monoisotopic (exact) mass is 957 g/mol. The van der Waals surface area contributed by atoms with Gasteiger partial charge in [-0.15, -0.1) is 0 Å². The Hall–Kier alpha value is -7.88. The van der Waals surface area contributed by atoms with Crippen molar-refractivity contribution in [2.45, 2.75) is 83.8 Å². The SMILES string of the molecule is COC(=O)NC(C(=O)N1CCC[C@H]1c1ncc(-c2ccc3c(c2)cc2n3C(c3cccc(-c4ccccc4)c3)Oc3cc(-c4cnc(C5CCCN5C(=O)[C@@H](NC(=O)OC)C(C)C)[nH]4)ccc3-2)[nH]1)C(C)C. The van der Waals surface area contributed by atoms with Crippen LogP contribution in [0.15, 0.2) is 109 Å². The smallest absolute Gasteiger partial charge is 0.407 e. The molecule has 16 nitrogen and oxygen atoms in total. The molecule has 16 heteroatoms. The van der Waals surface area contributed by atoms with E-state index in [4.69, 9.17) is 24.2 Å². The van der Waals surface area contributed by atoms with Crippen LogP contribution in [-0.4, -0.2) is 97.7 Å². The number of amides is 4. The number of aromatic amines is 2. The first-order chi connectivity index (χ1) is 34.4. The number of H-pyrrole nitrogens is 2. The van der Waals surface area contributed by atoms with Gasteiger partial charge in [0.05, 0.1) is 61.3 Å². The highest BCUT2D eigenvalue weighted by molar-refractivity contribution is 5.93. The van der Waals surface area contributed by atoms with Gasteiger partial charge in [-0.3, -0.25) is 9.59 Å². The van der Waals surface area contributed by atoms with Gasteiger partial charge in [0.15, 0.2) is 0 Å². The van der Waals surface area contributed by atoms with Crippen molar-refractivity contribution in [2.24, 2.45) is 11.8 Å². The second-order valence-electron chi connectivity index (χ2n) is 19.3. The lowest BCUT2D eigenvalue weighted by molar-refractivity contribution is -0.136. The Balaban J connectivity index is 0.978. The Kier molecular flexibility index (Phi) is 12.9. The molecule has 3 aliphatic heterocycles. The van der Waals surface area contributed by atoms with E-state index in [0.717, 1.165) is 87.0 Å². The summed E-state index contributed by atoms with van der Waals surface area (Å²) in [5, 5.41) is 6.47. The third-order valence-corrected chi connectivity index (χ3v) is 14.1. The van der Waals surface area contributed by atoms with Crippen molar-refractivity contribution < 1.29 is 33.4 Å². The van der Waals surface area contributed by atoms with Crippen molar-refractivity contribution in [3.63, 3.8) is 0 Å². The Morgan fingerprint density at radius 3 is 1.79 bits per heavy atom. The summed E-state index contributed by atoms with van der Waals surface area (Å²) in [7, 11) is 2.58. The molecule has 4 N–H and O–H groups in total. The maximum absolute atomic E-state index is 13.9. The number of alkyl carbamates (subject to hydrolysis) is 2. The number of carbonyl (C=O) groups excluding carboxylic acids is 4. The van der Waals surface area contributed by atoms with Gasteiger partial charge in [0.25, 0.3) is 0 Å². The summed E-state index contributed by atoms with van der Waals surface area (Å²) in [5.74, 6) is 1.50. The maximum Gasteiger partial charge on any atom is 0.407 e. The Bertz CT molecular complexity index is 3120. The number of nitrogens with one attached hydrogen (secondary N) is 4. The molecule has 0 spiro atoms. The summed E-state index contributed by atoms with van der Waals surface area (Å²) in [6, 6.07) is 31.6. The molecule has 71 heavy (non-hydrogen) atoms. The van der Waals surface area contributed by atoms with Crippen LogP contribution < -0.4 is 15.4 Å². The van der Waals surface area contributed by atoms with E-state index in [0.29, 0.717) is 30.5 Å². The molecular weight excluding hydrogens is 899 g/mol. The first-order valence-corrected chi connectivity index (χ1v) is 24.4. The Labute approximate surface area is 412 Å². The first-order valence-electron chi connectivity index (χ1n) is 24.4. The predicted molar refractivity (Wildman–Crippen MR) is 269 cm³/mol. The molecule has 366 valence electrons. The lowest BCUT2D eigenvalue weighted by atomic mass is 10.0. The maximum atomic E-state index is 13.9. The molecule has 0 bridgehead atoms. The van der Waals surface area contributed by atoms with Crippen LogP contribution in [0.1, 0.15) is 88.9 Å². The third kappa shape index (κ3) is 8.98. The average Bonchev–Trinajstić information content (AvgIpc) is 4.26. The average molecular weight is 958 g/mol. The highest BCUT2D eigenvalue weighted by atomic mass is 16.5. The fourth-order valence-electron chi connectivity index (χ4n) is 10.4. The van der Waals surface area contributed by atoms with Crippen LogP contribution in [0.3, 0.4) is 0 Å². The topological polar surface area (TPSA) is 189 Å². The fourth-order valence-corrected chi connectivity index (χ4v) is 10.4. The summed E-state index contributed by atoms with van der Waals surface area (Å²) in [4.78, 5) is 72.4. The molecule has 0 aliphatic carbocycles. The van der Waals surface area contributed by atoms with Gasteiger partial charge in [-0.1, -0.05) is 88.4 Å². The van der Waals surface area contributed by atoms with Gasteiger partial charge < -0.3 is 49.2 Å². The minimum Gasteiger partial charge on any atom is -0.465 e. The van der Waals surface area contributed by atoms with Crippen molar-refractivity contribution in [1.82, 2.24) is 44.9 Å². The summed E-state index contributed by atoms with van der Waals surface area (Å²) in [6.07, 6.45) is 4.96.